The maximum absolute atomic E-state index is 12.9. The molecule has 0 unspecified atom stereocenters. The van der Waals surface area contributed by atoms with Crippen LogP contribution in [0.1, 0.15) is 6.92 Å². The lowest BCUT2D eigenvalue weighted by molar-refractivity contribution is -0.181. The number of carbonyl (C=O) groups excluding carboxylic acids is 2. The molecule has 1 N–H and O–H groups in total. The Morgan fingerprint density at radius 1 is 1.16 bits per heavy atom. The first-order valence-electron chi connectivity index (χ1n) is 5.78. The number of hydrogen-bond donors (Lipinski definition) is 1. The summed E-state index contributed by atoms with van der Waals surface area (Å²) in [6, 6.07) is -0.366. The van der Waals surface area contributed by atoms with Crippen LogP contribution in [0.15, 0.2) is 0 Å². The Balaban J connectivity index is 2.55. The molecule has 110 valence electrons. The van der Waals surface area contributed by atoms with Crippen LogP contribution in [-0.2, 0) is 4.79 Å². The first-order valence-corrected chi connectivity index (χ1v) is 5.78. The molecule has 9 heteroatoms. The highest BCUT2D eigenvalue weighted by Crippen LogP contribution is 2.25. The Hall–Kier alpha value is -1.54. The van der Waals surface area contributed by atoms with Crippen molar-refractivity contribution in [2.24, 2.45) is 0 Å². The van der Waals surface area contributed by atoms with E-state index in [0.29, 0.717) is 11.4 Å². The maximum Gasteiger partial charge on any atom is 0.383 e. The summed E-state index contributed by atoms with van der Waals surface area (Å²) in [5.41, 5.74) is 0. The second-order valence-corrected chi connectivity index (χ2v) is 4.04. The fourth-order valence-electron chi connectivity index (χ4n) is 1.68. The number of nitrogens with one attached hydrogen (secondary N) is 1. The van der Waals surface area contributed by atoms with Gasteiger partial charge in [0.25, 0.3) is 5.91 Å². The third kappa shape index (κ3) is 3.48. The molecule has 1 saturated heterocycles. The van der Waals surface area contributed by atoms with Gasteiger partial charge in [0.15, 0.2) is 0 Å². The van der Waals surface area contributed by atoms with E-state index in [2.05, 4.69) is 5.32 Å². The quantitative estimate of drug-likeness (QED) is 0.778. The minimum atomic E-state index is -4.67. The van der Waals surface area contributed by atoms with Crippen LogP contribution in [-0.4, -0.2) is 66.8 Å². The molecule has 1 aliphatic rings. The van der Waals surface area contributed by atoms with E-state index in [9.17, 15) is 27.2 Å². The zero-order valence-electron chi connectivity index (χ0n) is 10.3. The molecule has 0 spiro atoms. The van der Waals surface area contributed by atoms with Gasteiger partial charge in [0.1, 0.15) is 0 Å². The Morgan fingerprint density at radius 2 is 1.63 bits per heavy atom. The van der Waals surface area contributed by atoms with Gasteiger partial charge in [-0.2, -0.15) is 8.78 Å². The van der Waals surface area contributed by atoms with E-state index in [1.54, 1.807) is 6.92 Å². The van der Waals surface area contributed by atoms with Gasteiger partial charge in [-0.15, -0.1) is 0 Å². The molecule has 0 aliphatic carbocycles. The summed E-state index contributed by atoms with van der Waals surface area (Å²) in [5, 5.41) is 2.52. The molecular weight excluding hydrogens is 270 g/mol. The molecule has 3 amide bonds. The lowest BCUT2D eigenvalue weighted by atomic mass is 10.2. The molecule has 5 nitrogen and oxygen atoms in total. The van der Waals surface area contributed by atoms with Crippen LogP contribution in [0, 0.1) is 0 Å². The highest BCUT2D eigenvalue weighted by atomic mass is 19.3. The number of alkyl halides is 4. The van der Waals surface area contributed by atoms with Gasteiger partial charge >= 0.3 is 18.4 Å². The summed E-state index contributed by atoms with van der Waals surface area (Å²) in [7, 11) is 0. The third-order valence-corrected chi connectivity index (χ3v) is 2.74. The van der Waals surface area contributed by atoms with Crippen LogP contribution in [0.5, 0.6) is 0 Å². The van der Waals surface area contributed by atoms with Gasteiger partial charge in [0.2, 0.25) is 0 Å². The first kappa shape index (κ1) is 15.5. The zero-order chi connectivity index (χ0) is 14.6. The molecule has 0 bridgehead atoms. The third-order valence-electron chi connectivity index (χ3n) is 2.74. The van der Waals surface area contributed by atoms with Gasteiger partial charge in [-0.1, -0.05) is 0 Å². The lowest BCUT2D eigenvalue weighted by Crippen LogP contribution is -2.57. The summed E-state index contributed by atoms with van der Waals surface area (Å²) < 4.78 is 49.8. The van der Waals surface area contributed by atoms with Crippen LogP contribution in [0.2, 0.25) is 0 Å². The number of hydrogen-bond acceptors (Lipinski definition) is 2. The fourth-order valence-corrected chi connectivity index (χ4v) is 1.68. The van der Waals surface area contributed by atoms with E-state index in [1.165, 1.54) is 4.90 Å². The number of urea groups is 1. The maximum atomic E-state index is 12.9. The Labute approximate surface area is 107 Å². The number of carbonyl (C=O) groups is 2. The zero-order valence-corrected chi connectivity index (χ0v) is 10.3. The van der Waals surface area contributed by atoms with Gasteiger partial charge in [0.05, 0.1) is 0 Å². The summed E-state index contributed by atoms with van der Waals surface area (Å²) in [6.45, 7) is 1.85. The molecule has 1 aliphatic heterocycles. The fraction of sp³-hybridized carbons (Fsp3) is 0.800. The Bertz CT molecular complexity index is 344. The highest BCUT2D eigenvalue weighted by molar-refractivity contribution is 5.84. The molecule has 1 rings (SSSR count). The SMILES string of the molecule is CCNC(=O)N1CCN(C(=O)C(F)(F)C(F)F)CC1. The molecule has 0 aromatic heterocycles. The Kier molecular flexibility index (Phi) is 4.96. The molecule has 0 radical (unpaired) electrons. The van der Waals surface area contributed by atoms with Crippen LogP contribution < -0.4 is 5.32 Å². The summed E-state index contributed by atoms with van der Waals surface area (Å²) in [4.78, 5) is 24.7. The molecule has 1 fully saturated rings. The van der Waals surface area contributed by atoms with Crippen molar-refractivity contribution in [3.05, 3.63) is 0 Å². The predicted molar refractivity (Wildman–Crippen MR) is 58.2 cm³/mol. The first-order chi connectivity index (χ1) is 8.80. The van der Waals surface area contributed by atoms with Crippen molar-refractivity contribution in [2.75, 3.05) is 32.7 Å². The van der Waals surface area contributed by atoms with Gasteiger partial charge in [-0.3, -0.25) is 4.79 Å². The molecule has 19 heavy (non-hydrogen) atoms. The number of nitrogens with zero attached hydrogens (tertiary/aromatic N) is 2. The number of amides is 3. The van der Waals surface area contributed by atoms with E-state index in [1.807, 2.05) is 0 Å². The van der Waals surface area contributed by atoms with E-state index < -0.39 is 18.3 Å². The average molecular weight is 285 g/mol. The van der Waals surface area contributed by atoms with Crippen molar-refractivity contribution in [1.82, 2.24) is 15.1 Å². The van der Waals surface area contributed by atoms with E-state index in [0.717, 1.165) is 0 Å². The summed E-state index contributed by atoms with van der Waals surface area (Å²) in [6.07, 6.45) is -4.03. The van der Waals surface area contributed by atoms with Crippen molar-refractivity contribution >= 4 is 11.9 Å². The second kappa shape index (κ2) is 6.07. The predicted octanol–water partition coefficient (Wildman–Crippen LogP) is 0.761. The number of halogens is 4. The topological polar surface area (TPSA) is 52.7 Å². The molecular formula is C10H15F4N3O2. The van der Waals surface area contributed by atoms with Crippen LogP contribution in [0.4, 0.5) is 22.4 Å². The molecule has 0 saturated carbocycles. The monoisotopic (exact) mass is 285 g/mol. The van der Waals surface area contributed by atoms with Crippen LogP contribution in [0.3, 0.4) is 0 Å². The number of rotatable bonds is 3. The van der Waals surface area contributed by atoms with Crippen molar-refractivity contribution in [3.8, 4) is 0 Å². The van der Waals surface area contributed by atoms with E-state index in [4.69, 9.17) is 0 Å². The summed E-state index contributed by atoms with van der Waals surface area (Å²) >= 11 is 0. The van der Waals surface area contributed by atoms with Crippen molar-refractivity contribution in [3.63, 3.8) is 0 Å². The van der Waals surface area contributed by atoms with Gasteiger partial charge in [-0.05, 0) is 6.92 Å². The number of piperazine rings is 1. The van der Waals surface area contributed by atoms with Crippen molar-refractivity contribution < 1.29 is 27.2 Å². The standard InChI is InChI=1S/C10H15F4N3O2/c1-2-15-9(19)17-5-3-16(4-6-17)8(18)10(13,14)7(11)12/h7H,2-6H2,1H3,(H,15,19). The minimum Gasteiger partial charge on any atom is -0.338 e. The smallest absolute Gasteiger partial charge is 0.338 e. The largest absolute Gasteiger partial charge is 0.383 e. The molecule has 1 heterocycles. The average Bonchev–Trinajstić information content (AvgIpc) is 2.38. The van der Waals surface area contributed by atoms with Crippen LogP contribution >= 0.6 is 0 Å². The Morgan fingerprint density at radius 3 is 2.05 bits per heavy atom. The molecule has 0 atom stereocenters. The van der Waals surface area contributed by atoms with Crippen molar-refractivity contribution in [2.45, 2.75) is 19.3 Å². The minimum absolute atomic E-state index is 0.0386. The normalized spacial score (nSPS) is 16.7. The van der Waals surface area contributed by atoms with E-state index in [-0.39, 0.29) is 32.2 Å². The van der Waals surface area contributed by atoms with Gasteiger partial charge in [0, 0.05) is 32.7 Å². The summed E-state index contributed by atoms with van der Waals surface area (Å²) in [5.74, 6) is -6.56. The van der Waals surface area contributed by atoms with Crippen molar-refractivity contribution in [1.29, 1.82) is 0 Å². The molecule has 0 aromatic carbocycles. The highest BCUT2D eigenvalue weighted by Gasteiger charge is 2.51. The van der Waals surface area contributed by atoms with Gasteiger partial charge < -0.3 is 15.1 Å². The lowest BCUT2D eigenvalue weighted by Gasteiger charge is -2.35. The second-order valence-electron chi connectivity index (χ2n) is 4.04. The van der Waals surface area contributed by atoms with E-state index >= 15 is 0 Å². The molecule has 0 aromatic rings. The van der Waals surface area contributed by atoms with Gasteiger partial charge in [-0.25, -0.2) is 13.6 Å². The van der Waals surface area contributed by atoms with Crippen LogP contribution in [0.25, 0.3) is 0 Å².